The van der Waals surface area contributed by atoms with Crippen molar-refractivity contribution in [3.05, 3.63) is 29.8 Å². The molecule has 0 saturated heterocycles. The Labute approximate surface area is 113 Å². The van der Waals surface area contributed by atoms with Crippen molar-refractivity contribution in [2.45, 2.75) is 20.0 Å². The monoisotopic (exact) mass is 282 g/mol. The maximum atomic E-state index is 13.0. The van der Waals surface area contributed by atoms with Crippen LogP contribution in [0.2, 0.25) is 0 Å². The maximum absolute atomic E-state index is 13.0. The van der Waals surface area contributed by atoms with Crippen molar-refractivity contribution in [1.29, 1.82) is 0 Å². The van der Waals surface area contributed by atoms with E-state index >= 15 is 0 Å². The summed E-state index contributed by atoms with van der Waals surface area (Å²) in [5, 5.41) is 0. The molecule has 0 fully saturated rings. The van der Waals surface area contributed by atoms with Crippen LogP contribution in [0.1, 0.15) is 13.8 Å². The summed E-state index contributed by atoms with van der Waals surface area (Å²) in [6.07, 6.45) is -0.170. The van der Waals surface area contributed by atoms with Gasteiger partial charge in [0.25, 0.3) is 0 Å². The molecule has 2 N–H and O–H groups in total. The minimum atomic E-state index is -0.777. The molecule has 6 nitrogen and oxygen atoms in total. The van der Waals surface area contributed by atoms with E-state index in [1.807, 2.05) is 0 Å². The summed E-state index contributed by atoms with van der Waals surface area (Å²) in [7, 11) is 0. The second-order valence-corrected chi connectivity index (χ2v) is 4.13. The van der Waals surface area contributed by atoms with E-state index in [4.69, 9.17) is 15.2 Å². The second-order valence-electron chi connectivity index (χ2n) is 4.13. The van der Waals surface area contributed by atoms with Gasteiger partial charge in [-0.15, -0.1) is 4.98 Å². The molecule has 0 spiro atoms. The summed E-state index contributed by atoms with van der Waals surface area (Å²) in [4.78, 5) is 11.3. The minimum Gasteiger partial charge on any atom is -0.461 e. The van der Waals surface area contributed by atoms with Crippen LogP contribution in [-0.2, 0) is 0 Å². The van der Waals surface area contributed by atoms with Crippen LogP contribution in [-0.4, -0.2) is 21.1 Å². The van der Waals surface area contributed by atoms with Gasteiger partial charge in [-0.25, -0.2) is 8.78 Å². The zero-order valence-electron chi connectivity index (χ0n) is 10.8. The lowest BCUT2D eigenvalue weighted by molar-refractivity contribution is 0.219. The highest BCUT2D eigenvalue weighted by Crippen LogP contribution is 2.22. The van der Waals surface area contributed by atoms with E-state index in [9.17, 15) is 8.78 Å². The Morgan fingerprint density at radius 3 is 2.20 bits per heavy atom. The highest BCUT2D eigenvalue weighted by Gasteiger charge is 2.10. The molecule has 0 aliphatic carbocycles. The third kappa shape index (κ3) is 3.74. The standard InChI is InChI=1S/C12H12F2N4O2/c1-6(2)19-11-16-10(15)17-12(18-11)20-9-4-7(13)3-8(14)5-9/h3-6H,1-2H3,(H2,15,16,17,18). The van der Waals surface area contributed by atoms with Gasteiger partial charge in [0.15, 0.2) is 0 Å². The van der Waals surface area contributed by atoms with E-state index in [0.717, 1.165) is 18.2 Å². The molecule has 1 heterocycles. The lowest BCUT2D eigenvalue weighted by Gasteiger charge is -2.09. The molecule has 0 bridgehead atoms. The molecule has 0 atom stereocenters. The molecule has 2 aromatic rings. The van der Waals surface area contributed by atoms with Crippen LogP contribution in [0.3, 0.4) is 0 Å². The van der Waals surface area contributed by atoms with Crippen molar-refractivity contribution in [1.82, 2.24) is 15.0 Å². The smallest absolute Gasteiger partial charge is 0.330 e. The topological polar surface area (TPSA) is 83.2 Å². The van der Waals surface area contributed by atoms with Gasteiger partial charge >= 0.3 is 12.0 Å². The van der Waals surface area contributed by atoms with E-state index in [2.05, 4.69) is 15.0 Å². The van der Waals surface area contributed by atoms with E-state index in [0.29, 0.717) is 0 Å². The first-order chi connectivity index (χ1) is 9.42. The Morgan fingerprint density at radius 2 is 1.60 bits per heavy atom. The zero-order valence-corrected chi connectivity index (χ0v) is 10.8. The van der Waals surface area contributed by atoms with E-state index in [-0.39, 0.29) is 29.8 Å². The zero-order chi connectivity index (χ0) is 14.7. The van der Waals surface area contributed by atoms with Crippen LogP contribution in [0.25, 0.3) is 0 Å². The van der Waals surface area contributed by atoms with E-state index < -0.39 is 11.6 Å². The van der Waals surface area contributed by atoms with Gasteiger partial charge in [-0.2, -0.15) is 9.97 Å². The number of rotatable bonds is 4. The number of nitrogens with two attached hydrogens (primary N) is 1. The van der Waals surface area contributed by atoms with Gasteiger partial charge in [0.2, 0.25) is 5.95 Å². The highest BCUT2D eigenvalue weighted by molar-refractivity contribution is 5.28. The summed E-state index contributed by atoms with van der Waals surface area (Å²) < 4.78 is 36.5. The van der Waals surface area contributed by atoms with Gasteiger partial charge in [0.1, 0.15) is 17.4 Å². The molecule has 1 aromatic carbocycles. The average molecular weight is 282 g/mol. The van der Waals surface area contributed by atoms with Gasteiger partial charge in [-0.1, -0.05) is 0 Å². The summed E-state index contributed by atoms with van der Waals surface area (Å²) >= 11 is 0. The molecule has 20 heavy (non-hydrogen) atoms. The number of benzene rings is 1. The predicted octanol–water partition coefficient (Wildman–Crippen LogP) is 2.31. The Morgan fingerprint density at radius 1 is 1.00 bits per heavy atom. The van der Waals surface area contributed by atoms with Gasteiger partial charge in [0.05, 0.1) is 6.10 Å². The third-order valence-electron chi connectivity index (χ3n) is 2.00. The number of hydrogen-bond acceptors (Lipinski definition) is 6. The van der Waals surface area contributed by atoms with Crippen molar-refractivity contribution < 1.29 is 18.3 Å². The van der Waals surface area contributed by atoms with Crippen LogP contribution in [0.4, 0.5) is 14.7 Å². The fourth-order valence-corrected chi connectivity index (χ4v) is 1.35. The quantitative estimate of drug-likeness (QED) is 0.926. The molecular formula is C12H12F2N4O2. The van der Waals surface area contributed by atoms with Crippen molar-refractivity contribution in [3.8, 4) is 17.8 Å². The minimum absolute atomic E-state index is 0.0284. The molecule has 1 aromatic heterocycles. The first-order valence-corrected chi connectivity index (χ1v) is 5.74. The van der Waals surface area contributed by atoms with Crippen LogP contribution in [0, 0.1) is 11.6 Å². The highest BCUT2D eigenvalue weighted by atomic mass is 19.1. The van der Waals surface area contributed by atoms with Crippen molar-refractivity contribution in [2.24, 2.45) is 0 Å². The molecule has 2 rings (SSSR count). The number of aromatic nitrogens is 3. The van der Waals surface area contributed by atoms with Crippen LogP contribution in [0.5, 0.6) is 17.8 Å². The molecule has 8 heteroatoms. The molecule has 106 valence electrons. The largest absolute Gasteiger partial charge is 0.461 e. The van der Waals surface area contributed by atoms with Crippen LogP contribution in [0.15, 0.2) is 18.2 Å². The second kappa shape index (κ2) is 5.64. The summed E-state index contributed by atoms with van der Waals surface area (Å²) in [5.74, 6) is -1.77. The van der Waals surface area contributed by atoms with Crippen LogP contribution >= 0.6 is 0 Å². The number of ether oxygens (including phenoxy) is 2. The number of hydrogen-bond donors (Lipinski definition) is 1. The normalized spacial score (nSPS) is 10.7. The predicted molar refractivity (Wildman–Crippen MR) is 66.4 cm³/mol. The summed E-state index contributed by atoms with van der Waals surface area (Å²) in [6.45, 7) is 3.56. The lowest BCUT2D eigenvalue weighted by Crippen LogP contribution is -2.11. The van der Waals surface area contributed by atoms with Crippen molar-refractivity contribution >= 4 is 5.95 Å². The van der Waals surface area contributed by atoms with Gasteiger partial charge < -0.3 is 15.2 Å². The molecule has 0 amide bonds. The van der Waals surface area contributed by atoms with Crippen LogP contribution < -0.4 is 15.2 Å². The third-order valence-corrected chi connectivity index (χ3v) is 2.00. The summed E-state index contributed by atoms with van der Waals surface area (Å²) in [5.41, 5.74) is 5.48. The van der Waals surface area contributed by atoms with Gasteiger partial charge in [-0.05, 0) is 13.8 Å². The number of nitrogen functional groups attached to an aromatic ring is 1. The Bertz CT molecular complexity index is 602. The molecular weight excluding hydrogens is 270 g/mol. The molecule has 0 saturated carbocycles. The van der Waals surface area contributed by atoms with Gasteiger partial charge in [0, 0.05) is 18.2 Å². The fourth-order valence-electron chi connectivity index (χ4n) is 1.35. The average Bonchev–Trinajstić information content (AvgIpc) is 2.24. The number of nitrogens with zero attached hydrogens (tertiary/aromatic N) is 3. The summed E-state index contributed by atoms with van der Waals surface area (Å²) in [6, 6.07) is 2.47. The van der Waals surface area contributed by atoms with E-state index in [1.165, 1.54) is 0 Å². The Balaban J connectivity index is 2.26. The van der Waals surface area contributed by atoms with Gasteiger partial charge in [-0.3, -0.25) is 0 Å². The number of halogens is 2. The number of anilines is 1. The van der Waals surface area contributed by atoms with Crippen molar-refractivity contribution in [3.63, 3.8) is 0 Å². The maximum Gasteiger partial charge on any atom is 0.330 e. The molecule has 0 aliphatic heterocycles. The van der Waals surface area contributed by atoms with E-state index in [1.54, 1.807) is 13.8 Å². The van der Waals surface area contributed by atoms with Crippen molar-refractivity contribution in [2.75, 3.05) is 5.73 Å². The lowest BCUT2D eigenvalue weighted by atomic mass is 10.3. The Hall–Kier alpha value is -2.51. The first-order valence-electron chi connectivity index (χ1n) is 5.74. The molecule has 0 unspecified atom stereocenters. The molecule has 0 aliphatic rings. The Kier molecular flexibility index (Phi) is 3.92. The first kappa shape index (κ1) is 13.9. The fraction of sp³-hybridized carbons (Fsp3) is 0.250. The molecule has 0 radical (unpaired) electrons. The SMILES string of the molecule is CC(C)Oc1nc(N)nc(Oc2cc(F)cc(F)c2)n1.